The zero-order chi connectivity index (χ0) is 15.7. The zero-order valence-corrected chi connectivity index (χ0v) is 13.9. The predicted octanol–water partition coefficient (Wildman–Crippen LogP) is 2.46. The van der Waals surface area contributed by atoms with Gasteiger partial charge >= 0.3 is 0 Å². The van der Waals surface area contributed by atoms with Crippen LogP contribution in [-0.2, 0) is 13.6 Å². The first-order valence-corrected chi connectivity index (χ1v) is 7.93. The Bertz CT molecular complexity index is 661. The highest BCUT2D eigenvalue weighted by Gasteiger charge is 2.26. The molecule has 0 unspecified atom stereocenters. The standard InChI is InChI=1S/C17H25N5/c1-12-7-16(18-3)8-17(20-12)14-5-6-22(10-14)11-15-9-19-21(4)13(15)2/h7-9,14H,5-6,10-11H2,1-4H3,(H,18,20)/t14-/m0/s1. The second-order valence-corrected chi connectivity index (χ2v) is 6.27. The maximum atomic E-state index is 4.74. The van der Waals surface area contributed by atoms with E-state index in [4.69, 9.17) is 4.98 Å². The summed E-state index contributed by atoms with van der Waals surface area (Å²) in [6.45, 7) is 7.39. The molecule has 1 aliphatic rings. The van der Waals surface area contributed by atoms with Gasteiger partial charge in [-0.2, -0.15) is 5.10 Å². The van der Waals surface area contributed by atoms with Crippen molar-refractivity contribution in [3.8, 4) is 0 Å². The molecule has 0 saturated carbocycles. The lowest BCUT2D eigenvalue weighted by Gasteiger charge is -2.16. The van der Waals surface area contributed by atoms with Gasteiger partial charge in [-0.05, 0) is 38.9 Å². The SMILES string of the molecule is CNc1cc(C)nc([C@H]2CCN(Cc3cnn(C)c3C)C2)c1. The van der Waals surface area contributed by atoms with E-state index in [0.717, 1.165) is 31.0 Å². The Hall–Kier alpha value is -1.88. The Labute approximate surface area is 132 Å². The van der Waals surface area contributed by atoms with E-state index < -0.39 is 0 Å². The summed E-state index contributed by atoms with van der Waals surface area (Å²) in [4.78, 5) is 7.26. The van der Waals surface area contributed by atoms with Crippen molar-refractivity contribution in [3.63, 3.8) is 0 Å². The van der Waals surface area contributed by atoms with Crippen LogP contribution in [0.5, 0.6) is 0 Å². The number of rotatable bonds is 4. The molecule has 22 heavy (non-hydrogen) atoms. The van der Waals surface area contributed by atoms with Gasteiger partial charge in [0.05, 0.1) is 6.20 Å². The summed E-state index contributed by atoms with van der Waals surface area (Å²) in [6, 6.07) is 4.28. The average Bonchev–Trinajstić information content (AvgIpc) is 3.09. The van der Waals surface area contributed by atoms with Crippen LogP contribution < -0.4 is 5.32 Å². The third-order valence-electron chi connectivity index (χ3n) is 4.68. The maximum Gasteiger partial charge on any atom is 0.0537 e. The average molecular weight is 299 g/mol. The first-order chi connectivity index (χ1) is 10.6. The number of pyridine rings is 1. The molecule has 118 valence electrons. The molecule has 0 aliphatic carbocycles. The van der Waals surface area contributed by atoms with Crippen LogP contribution in [0.4, 0.5) is 5.69 Å². The van der Waals surface area contributed by atoms with Crippen molar-refractivity contribution in [3.05, 3.63) is 41.0 Å². The molecule has 1 aliphatic heterocycles. The molecule has 3 heterocycles. The first-order valence-electron chi connectivity index (χ1n) is 7.93. The minimum Gasteiger partial charge on any atom is -0.388 e. The summed E-state index contributed by atoms with van der Waals surface area (Å²) in [6.07, 6.45) is 3.17. The van der Waals surface area contributed by atoms with Crippen molar-refractivity contribution in [2.24, 2.45) is 7.05 Å². The van der Waals surface area contributed by atoms with Gasteiger partial charge in [0.25, 0.3) is 0 Å². The lowest BCUT2D eigenvalue weighted by molar-refractivity contribution is 0.325. The monoisotopic (exact) mass is 299 g/mol. The van der Waals surface area contributed by atoms with Gasteiger partial charge in [-0.3, -0.25) is 14.6 Å². The number of likely N-dealkylation sites (tertiary alicyclic amines) is 1. The Balaban J connectivity index is 1.69. The van der Waals surface area contributed by atoms with Crippen LogP contribution in [0.15, 0.2) is 18.3 Å². The minimum atomic E-state index is 0.531. The van der Waals surface area contributed by atoms with E-state index in [1.165, 1.54) is 23.4 Å². The van der Waals surface area contributed by atoms with Crippen molar-refractivity contribution in [1.82, 2.24) is 19.7 Å². The summed E-state index contributed by atoms with van der Waals surface area (Å²) < 4.78 is 1.95. The van der Waals surface area contributed by atoms with Gasteiger partial charge in [-0.15, -0.1) is 0 Å². The van der Waals surface area contributed by atoms with E-state index >= 15 is 0 Å². The molecule has 0 spiro atoms. The third-order valence-corrected chi connectivity index (χ3v) is 4.68. The number of aromatic nitrogens is 3. The van der Waals surface area contributed by atoms with Gasteiger partial charge in [-0.1, -0.05) is 0 Å². The highest BCUT2D eigenvalue weighted by Crippen LogP contribution is 2.29. The molecule has 1 fully saturated rings. The van der Waals surface area contributed by atoms with Crippen molar-refractivity contribution >= 4 is 5.69 Å². The van der Waals surface area contributed by atoms with Crippen LogP contribution in [0, 0.1) is 13.8 Å². The number of nitrogens with zero attached hydrogens (tertiary/aromatic N) is 4. The van der Waals surface area contributed by atoms with Gasteiger partial charge in [0.15, 0.2) is 0 Å². The quantitative estimate of drug-likeness (QED) is 0.942. The zero-order valence-electron chi connectivity index (χ0n) is 13.9. The molecule has 0 bridgehead atoms. The molecule has 2 aromatic rings. The van der Waals surface area contributed by atoms with Crippen LogP contribution in [0.3, 0.4) is 0 Å². The fourth-order valence-corrected chi connectivity index (χ4v) is 3.21. The number of nitrogens with one attached hydrogen (secondary N) is 1. The van der Waals surface area contributed by atoms with E-state index in [9.17, 15) is 0 Å². The smallest absolute Gasteiger partial charge is 0.0537 e. The second-order valence-electron chi connectivity index (χ2n) is 6.27. The summed E-state index contributed by atoms with van der Waals surface area (Å²) >= 11 is 0. The fraction of sp³-hybridized carbons (Fsp3) is 0.529. The summed E-state index contributed by atoms with van der Waals surface area (Å²) in [7, 11) is 3.96. The van der Waals surface area contributed by atoms with Crippen molar-refractivity contribution in [1.29, 1.82) is 0 Å². The molecule has 1 atom stereocenters. The highest BCUT2D eigenvalue weighted by atomic mass is 15.3. The van der Waals surface area contributed by atoms with Crippen LogP contribution in [0.25, 0.3) is 0 Å². The van der Waals surface area contributed by atoms with Crippen LogP contribution in [0.1, 0.15) is 35.0 Å². The lowest BCUT2D eigenvalue weighted by atomic mass is 10.0. The van der Waals surface area contributed by atoms with Crippen molar-refractivity contribution in [2.75, 3.05) is 25.5 Å². The largest absolute Gasteiger partial charge is 0.388 e. The van der Waals surface area contributed by atoms with Gasteiger partial charge < -0.3 is 5.32 Å². The molecule has 3 rings (SSSR count). The maximum absolute atomic E-state index is 4.74. The summed E-state index contributed by atoms with van der Waals surface area (Å²) in [5, 5.41) is 7.57. The second kappa shape index (κ2) is 6.08. The fourth-order valence-electron chi connectivity index (χ4n) is 3.21. The third kappa shape index (κ3) is 2.99. The predicted molar refractivity (Wildman–Crippen MR) is 89.1 cm³/mol. The molecule has 1 saturated heterocycles. The Morgan fingerprint density at radius 1 is 1.32 bits per heavy atom. The number of hydrogen-bond donors (Lipinski definition) is 1. The van der Waals surface area contributed by atoms with Crippen molar-refractivity contribution in [2.45, 2.75) is 32.7 Å². The molecule has 5 heteroatoms. The van der Waals surface area contributed by atoms with Crippen LogP contribution >= 0.6 is 0 Å². The van der Waals surface area contributed by atoms with Gasteiger partial charge in [0, 0.05) is 61.4 Å². The number of hydrogen-bond acceptors (Lipinski definition) is 4. The van der Waals surface area contributed by atoms with Crippen LogP contribution in [0.2, 0.25) is 0 Å². The lowest BCUT2D eigenvalue weighted by Crippen LogP contribution is -2.20. The molecule has 0 aromatic carbocycles. The molecule has 1 N–H and O–H groups in total. The normalized spacial score (nSPS) is 18.8. The molecule has 0 amide bonds. The molecule has 5 nitrogen and oxygen atoms in total. The molecular weight excluding hydrogens is 274 g/mol. The molecule has 2 aromatic heterocycles. The van der Waals surface area contributed by atoms with Crippen molar-refractivity contribution < 1.29 is 0 Å². The number of anilines is 1. The van der Waals surface area contributed by atoms with E-state index in [2.05, 4.69) is 41.3 Å². The van der Waals surface area contributed by atoms with Crippen LogP contribution in [-0.4, -0.2) is 39.8 Å². The van der Waals surface area contributed by atoms with E-state index in [1.54, 1.807) is 0 Å². The number of aryl methyl sites for hydroxylation is 2. The minimum absolute atomic E-state index is 0.531. The van der Waals surface area contributed by atoms with Gasteiger partial charge in [0.2, 0.25) is 0 Å². The Kier molecular flexibility index (Phi) is 4.16. The summed E-state index contributed by atoms with van der Waals surface area (Å²) in [5.74, 6) is 0.531. The van der Waals surface area contributed by atoms with E-state index in [-0.39, 0.29) is 0 Å². The highest BCUT2D eigenvalue weighted by molar-refractivity contribution is 5.45. The van der Waals surface area contributed by atoms with E-state index in [0.29, 0.717) is 5.92 Å². The van der Waals surface area contributed by atoms with Gasteiger partial charge in [-0.25, -0.2) is 0 Å². The van der Waals surface area contributed by atoms with E-state index in [1.807, 2.05) is 25.0 Å². The molecular formula is C17H25N5. The topological polar surface area (TPSA) is 46.0 Å². The summed E-state index contributed by atoms with van der Waals surface area (Å²) in [5.41, 5.74) is 6.05. The molecule has 0 radical (unpaired) electrons. The van der Waals surface area contributed by atoms with Gasteiger partial charge in [0.1, 0.15) is 0 Å². The Morgan fingerprint density at radius 3 is 2.82 bits per heavy atom. The first kappa shape index (κ1) is 15.0. The Morgan fingerprint density at radius 2 is 2.14 bits per heavy atom.